The molecule has 1 N–H and O–H groups in total. The highest BCUT2D eigenvalue weighted by Gasteiger charge is 2.19. The summed E-state index contributed by atoms with van der Waals surface area (Å²) in [4.78, 5) is 33.9. The number of nitrogens with one attached hydrogen (secondary N) is 1. The molecule has 1 aromatic heterocycles. The molecule has 0 unspecified atom stereocenters. The molecule has 1 rings (SSSR count). The van der Waals surface area contributed by atoms with Crippen LogP contribution < -0.4 is 5.32 Å². The molecule has 0 spiro atoms. The molecule has 98 valence electrons. The summed E-state index contributed by atoms with van der Waals surface area (Å²) in [5.74, 6) is -1.09. The molecule has 7 heteroatoms. The van der Waals surface area contributed by atoms with Crippen molar-refractivity contribution in [2.24, 2.45) is 7.05 Å². The number of hydrogen-bond acceptors (Lipinski definition) is 5. The van der Waals surface area contributed by atoms with Gasteiger partial charge in [-0.25, -0.2) is 4.79 Å². The van der Waals surface area contributed by atoms with Crippen LogP contribution in [-0.4, -0.2) is 34.0 Å². The molecule has 0 bridgehead atoms. The summed E-state index contributed by atoms with van der Waals surface area (Å²) < 4.78 is 6.17. The Bertz CT molecular complexity index is 479. The van der Waals surface area contributed by atoms with Crippen LogP contribution in [0.5, 0.6) is 0 Å². The average Bonchev–Trinajstić information content (AvgIpc) is 2.60. The van der Waals surface area contributed by atoms with Crippen LogP contribution in [0.3, 0.4) is 0 Å². The molecule has 1 heterocycles. The Kier molecular flexibility index (Phi) is 4.59. The maximum absolute atomic E-state index is 11.6. The molecule has 1 aromatic rings. The summed E-state index contributed by atoms with van der Waals surface area (Å²) in [7, 11) is 1.58. The lowest BCUT2D eigenvalue weighted by molar-refractivity contribution is -0.124. The van der Waals surface area contributed by atoms with Crippen LogP contribution in [0.15, 0.2) is 6.20 Å². The van der Waals surface area contributed by atoms with Crippen molar-refractivity contribution in [2.75, 3.05) is 11.9 Å². The molecule has 0 aromatic carbocycles. The molecule has 18 heavy (non-hydrogen) atoms. The zero-order valence-corrected chi connectivity index (χ0v) is 10.5. The predicted molar refractivity (Wildman–Crippen MR) is 63.1 cm³/mol. The third kappa shape index (κ3) is 3.41. The van der Waals surface area contributed by atoms with Crippen LogP contribution >= 0.6 is 0 Å². The first kappa shape index (κ1) is 13.9. The van der Waals surface area contributed by atoms with Crippen molar-refractivity contribution in [3.05, 3.63) is 11.8 Å². The average molecular weight is 253 g/mol. The van der Waals surface area contributed by atoms with E-state index in [0.717, 1.165) is 0 Å². The number of carbonyl (C=O) groups is 3. The van der Waals surface area contributed by atoms with E-state index in [1.807, 2.05) is 0 Å². The third-order valence-corrected chi connectivity index (χ3v) is 2.10. The van der Waals surface area contributed by atoms with E-state index in [4.69, 9.17) is 4.74 Å². The van der Waals surface area contributed by atoms with Gasteiger partial charge in [-0.3, -0.25) is 14.3 Å². The van der Waals surface area contributed by atoms with Crippen molar-refractivity contribution in [3.8, 4) is 0 Å². The van der Waals surface area contributed by atoms with Crippen LogP contribution in [0.25, 0.3) is 0 Å². The van der Waals surface area contributed by atoms with Gasteiger partial charge in [-0.05, 0) is 13.8 Å². The van der Waals surface area contributed by atoms with Crippen molar-refractivity contribution in [2.45, 2.75) is 20.3 Å². The Labute approximate surface area is 104 Å². The number of Topliss-reactive ketones (excluding diaryl/α,β-unsaturated/α-hetero) is 1. The van der Waals surface area contributed by atoms with E-state index in [2.05, 4.69) is 10.4 Å². The minimum absolute atomic E-state index is 0.163. The Morgan fingerprint density at radius 3 is 2.67 bits per heavy atom. The zero-order valence-electron chi connectivity index (χ0n) is 10.5. The number of aromatic nitrogens is 2. The van der Waals surface area contributed by atoms with Crippen LogP contribution in [0.2, 0.25) is 0 Å². The molecule has 0 aliphatic heterocycles. The van der Waals surface area contributed by atoms with Crippen molar-refractivity contribution in [3.63, 3.8) is 0 Å². The first-order valence-electron chi connectivity index (χ1n) is 5.44. The highest BCUT2D eigenvalue weighted by molar-refractivity contribution is 6.06. The highest BCUT2D eigenvalue weighted by Crippen LogP contribution is 2.15. The van der Waals surface area contributed by atoms with Gasteiger partial charge in [-0.1, -0.05) is 0 Å². The number of esters is 1. The molecule has 0 fully saturated rings. The van der Waals surface area contributed by atoms with Gasteiger partial charge < -0.3 is 10.1 Å². The van der Waals surface area contributed by atoms with Gasteiger partial charge in [0.05, 0.1) is 19.2 Å². The van der Waals surface area contributed by atoms with Crippen LogP contribution in [-0.2, 0) is 21.4 Å². The molecule has 0 radical (unpaired) electrons. The van der Waals surface area contributed by atoms with Gasteiger partial charge in [0.15, 0.2) is 0 Å². The van der Waals surface area contributed by atoms with Crippen molar-refractivity contribution in [1.29, 1.82) is 0 Å². The van der Waals surface area contributed by atoms with Crippen LogP contribution in [0.4, 0.5) is 5.82 Å². The van der Waals surface area contributed by atoms with Gasteiger partial charge in [0.25, 0.3) is 0 Å². The second kappa shape index (κ2) is 5.95. The van der Waals surface area contributed by atoms with Crippen molar-refractivity contribution < 1.29 is 19.1 Å². The number of anilines is 1. The maximum Gasteiger partial charge on any atom is 0.343 e. The Balaban J connectivity index is 2.87. The fourth-order valence-electron chi connectivity index (χ4n) is 1.35. The number of amides is 1. The molecule has 0 saturated heterocycles. The van der Waals surface area contributed by atoms with Gasteiger partial charge in [0.2, 0.25) is 5.91 Å². The second-order valence-electron chi connectivity index (χ2n) is 3.68. The number of nitrogens with zero attached hydrogens (tertiary/aromatic N) is 2. The van der Waals surface area contributed by atoms with Gasteiger partial charge in [-0.2, -0.15) is 5.10 Å². The fourth-order valence-corrected chi connectivity index (χ4v) is 1.35. The smallest absolute Gasteiger partial charge is 0.343 e. The Hall–Kier alpha value is -2.18. The molecule has 0 aliphatic carbocycles. The number of ketones is 1. The third-order valence-electron chi connectivity index (χ3n) is 2.10. The Morgan fingerprint density at radius 2 is 2.11 bits per heavy atom. The molecule has 1 amide bonds. The van der Waals surface area contributed by atoms with Gasteiger partial charge in [0.1, 0.15) is 17.2 Å². The van der Waals surface area contributed by atoms with E-state index >= 15 is 0 Å². The largest absolute Gasteiger partial charge is 0.462 e. The van der Waals surface area contributed by atoms with Crippen molar-refractivity contribution >= 4 is 23.5 Å². The molecule has 0 atom stereocenters. The summed E-state index contributed by atoms with van der Waals surface area (Å²) in [6, 6.07) is 0. The van der Waals surface area contributed by atoms with Crippen LogP contribution in [0.1, 0.15) is 30.6 Å². The molecular weight excluding hydrogens is 238 g/mol. The predicted octanol–water partition coefficient (Wildman–Crippen LogP) is 0.514. The van der Waals surface area contributed by atoms with Crippen molar-refractivity contribution in [1.82, 2.24) is 9.78 Å². The topological polar surface area (TPSA) is 90.3 Å². The fraction of sp³-hybridized carbons (Fsp3) is 0.455. The maximum atomic E-state index is 11.6. The van der Waals surface area contributed by atoms with E-state index in [1.165, 1.54) is 17.8 Å². The Morgan fingerprint density at radius 1 is 1.44 bits per heavy atom. The van der Waals surface area contributed by atoms with Gasteiger partial charge >= 0.3 is 5.97 Å². The lowest BCUT2D eigenvalue weighted by Crippen LogP contribution is -2.19. The lowest BCUT2D eigenvalue weighted by atomic mass is 10.3. The first-order valence-corrected chi connectivity index (χ1v) is 5.44. The molecular formula is C11H15N3O4. The van der Waals surface area contributed by atoms with E-state index in [9.17, 15) is 14.4 Å². The molecule has 0 aliphatic rings. The highest BCUT2D eigenvalue weighted by atomic mass is 16.5. The zero-order chi connectivity index (χ0) is 13.7. The summed E-state index contributed by atoms with van der Waals surface area (Å²) in [6.07, 6.45) is 1.06. The number of ether oxygens (including phenoxy) is 1. The summed E-state index contributed by atoms with van der Waals surface area (Å²) in [5, 5.41) is 6.34. The van der Waals surface area contributed by atoms with E-state index in [0.29, 0.717) is 0 Å². The SMILES string of the molecule is CCOC(=O)c1cnn(C)c1NC(=O)CC(C)=O. The van der Waals surface area contributed by atoms with E-state index in [1.54, 1.807) is 14.0 Å². The summed E-state index contributed by atoms with van der Waals surface area (Å²) >= 11 is 0. The lowest BCUT2D eigenvalue weighted by Gasteiger charge is -2.07. The number of aryl methyl sites for hydroxylation is 1. The second-order valence-corrected chi connectivity index (χ2v) is 3.68. The summed E-state index contributed by atoms with van der Waals surface area (Å²) in [5.41, 5.74) is 0.163. The first-order chi connectivity index (χ1) is 8.45. The normalized spacial score (nSPS) is 9.94. The van der Waals surface area contributed by atoms with E-state index in [-0.39, 0.29) is 30.2 Å². The van der Waals surface area contributed by atoms with Gasteiger partial charge in [0, 0.05) is 7.05 Å². The molecule has 7 nitrogen and oxygen atoms in total. The number of hydrogen-bond donors (Lipinski definition) is 1. The quantitative estimate of drug-likeness (QED) is 0.610. The van der Waals surface area contributed by atoms with Crippen LogP contribution in [0, 0.1) is 0 Å². The minimum atomic E-state index is -0.566. The van der Waals surface area contributed by atoms with Gasteiger partial charge in [-0.15, -0.1) is 0 Å². The minimum Gasteiger partial charge on any atom is -0.462 e. The number of carbonyl (C=O) groups excluding carboxylic acids is 3. The summed E-state index contributed by atoms with van der Waals surface area (Å²) in [6.45, 7) is 3.23. The number of rotatable bonds is 5. The molecule has 0 saturated carbocycles. The van der Waals surface area contributed by atoms with E-state index < -0.39 is 11.9 Å². The standard InChI is InChI=1S/C11H15N3O4/c1-4-18-11(17)8-6-12-14(3)10(8)13-9(16)5-7(2)15/h6H,4-5H2,1-3H3,(H,13,16). The monoisotopic (exact) mass is 253 g/mol.